The summed E-state index contributed by atoms with van der Waals surface area (Å²) in [5, 5.41) is 0. The lowest BCUT2D eigenvalue weighted by atomic mass is 10.1. The number of unbranched alkanes of at least 4 members (excludes halogenated alkanes) is 3. The summed E-state index contributed by atoms with van der Waals surface area (Å²) in [7, 11) is 0. The summed E-state index contributed by atoms with van der Waals surface area (Å²) < 4.78 is 5.16. The van der Waals surface area contributed by atoms with E-state index in [2.05, 4.69) is 25.7 Å². The zero-order valence-corrected chi connectivity index (χ0v) is 8.38. The molecule has 0 aromatic rings. The highest BCUT2D eigenvalue weighted by Gasteiger charge is 2.00. The van der Waals surface area contributed by atoms with Gasteiger partial charge in [-0.05, 0) is 18.4 Å². The van der Waals surface area contributed by atoms with Crippen molar-refractivity contribution in [1.82, 2.24) is 0 Å². The van der Waals surface area contributed by atoms with E-state index >= 15 is 0 Å². The second-order valence-corrected chi connectivity index (χ2v) is 3.34. The van der Waals surface area contributed by atoms with Crippen molar-refractivity contribution >= 4 is 0 Å². The predicted octanol–water partition coefficient (Wildman–Crippen LogP) is 3.51. The molecule has 1 heterocycles. The molecule has 72 valence electrons. The first-order valence-electron chi connectivity index (χ1n) is 5.17. The van der Waals surface area contributed by atoms with Crippen molar-refractivity contribution in [2.75, 3.05) is 6.61 Å². The van der Waals surface area contributed by atoms with E-state index in [0.29, 0.717) is 6.61 Å². The van der Waals surface area contributed by atoms with Crippen LogP contribution in [0.3, 0.4) is 0 Å². The fourth-order valence-electron chi connectivity index (χ4n) is 1.33. The van der Waals surface area contributed by atoms with Crippen LogP contribution in [0.1, 0.15) is 39.0 Å². The van der Waals surface area contributed by atoms with Crippen molar-refractivity contribution in [3.8, 4) is 0 Å². The smallest absolute Gasteiger partial charge is 0.162 e. The maximum Gasteiger partial charge on any atom is 0.162 e. The molecule has 0 aromatic heterocycles. The van der Waals surface area contributed by atoms with Crippen LogP contribution in [0.25, 0.3) is 0 Å². The highest BCUT2D eigenvalue weighted by Crippen LogP contribution is 2.14. The minimum absolute atomic E-state index is 0.662. The molecule has 0 aliphatic carbocycles. The van der Waals surface area contributed by atoms with Crippen LogP contribution in [0.2, 0.25) is 0 Å². The van der Waals surface area contributed by atoms with E-state index < -0.39 is 0 Å². The molecule has 1 aliphatic heterocycles. The van der Waals surface area contributed by atoms with E-state index in [1.165, 1.54) is 31.3 Å². The zero-order valence-electron chi connectivity index (χ0n) is 8.38. The molecular weight excluding hydrogens is 160 g/mol. The van der Waals surface area contributed by atoms with Crippen LogP contribution in [0, 0.1) is 6.61 Å². The SMILES string of the molecule is CCCCCCC1=CC=CCO[C]1. The Morgan fingerprint density at radius 1 is 1.38 bits per heavy atom. The lowest BCUT2D eigenvalue weighted by molar-refractivity contribution is 0.245. The summed E-state index contributed by atoms with van der Waals surface area (Å²) in [6.45, 7) is 5.85. The minimum Gasteiger partial charge on any atom is -0.359 e. The molecule has 2 radical (unpaired) electrons. The van der Waals surface area contributed by atoms with Gasteiger partial charge >= 0.3 is 0 Å². The maximum atomic E-state index is 5.16. The Morgan fingerprint density at radius 3 is 3.15 bits per heavy atom. The number of ether oxygens (including phenoxy) is 1. The van der Waals surface area contributed by atoms with Crippen molar-refractivity contribution in [1.29, 1.82) is 0 Å². The van der Waals surface area contributed by atoms with Crippen molar-refractivity contribution in [3.05, 3.63) is 30.4 Å². The number of rotatable bonds is 5. The van der Waals surface area contributed by atoms with Gasteiger partial charge in [0.05, 0.1) is 6.61 Å². The van der Waals surface area contributed by atoms with E-state index in [0.717, 1.165) is 6.42 Å². The van der Waals surface area contributed by atoms with Crippen LogP contribution in [0.15, 0.2) is 23.8 Å². The Labute approximate surface area is 81.5 Å². The van der Waals surface area contributed by atoms with Crippen molar-refractivity contribution in [3.63, 3.8) is 0 Å². The second-order valence-electron chi connectivity index (χ2n) is 3.34. The number of hydrogen-bond acceptors (Lipinski definition) is 1. The van der Waals surface area contributed by atoms with Crippen LogP contribution in [-0.4, -0.2) is 6.61 Å². The third kappa shape index (κ3) is 4.89. The summed E-state index contributed by atoms with van der Waals surface area (Å²) in [6.07, 6.45) is 12.5. The average Bonchev–Trinajstić information content (AvgIpc) is 2.41. The van der Waals surface area contributed by atoms with E-state index in [-0.39, 0.29) is 0 Å². The van der Waals surface area contributed by atoms with Crippen molar-refractivity contribution in [2.24, 2.45) is 0 Å². The average molecular weight is 178 g/mol. The van der Waals surface area contributed by atoms with E-state index in [1.54, 1.807) is 0 Å². The molecule has 1 rings (SSSR count). The third-order valence-electron chi connectivity index (χ3n) is 2.12. The van der Waals surface area contributed by atoms with E-state index in [9.17, 15) is 0 Å². The Balaban J connectivity index is 2.12. The minimum atomic E-state index is 0.662. The predicted molar refractivity (Wildman–Crippen MR) is 55.2 cm³/mol. The largest absolute Gasteiger partial charge is 0.359 e. The Kier molecular flexibility index (Phi) is 5.59. The quantitative estimate of drug-likeness (QED) is 0.585. The van der Waals surface area contributed by atoms with Gasteiger partial charge in [-0.2, -0.15) is 0 Å². The summed E-state index contributed by atoms with van der Waals surface area (Å²) in [5.74, 6) is 0. The van der Waals surface area contributed by atoms with Gasteiger partial charge in [-0.15, -0.1) is 0 Å². The van der Waals surface area contributed by atoms with Crippen LogP contribution in [0.5, 0.6) is 0 Å². The van der Waals surface area contributed by atoms with E-state index in [4.69, 9.17) is 4.74 Å². The topological polar surface area (TPSA) is 9.23 Å². The first-order chi connectivity index (χ1) is 6.43. The van der Waals surface area contributed by atoms with Gasteiger partial charge < -0.3 is 4.74 Å². The first kappa shape index (κ1) is 10.5. The molecule has 0 saturated heterocycles. The standard InChI is InChI=1S/C12H18O/c1-2-3-4-5-8-12-9-6-7-10-13-11-12/h6-7,9H,2-5,8,10H2,1H3. The van der Waals surface area contributed by atoms with Crippen LogP contribution < -0.4 is 0 Å². The first-order valence-corrected chi connectivity index (χ1v) is 5.17. The third-order valence-corrected chi connectivity index (χ3v) is 2.12. The summed E-state index contributed by atoms with van der Waals surface area (Å²) in [6, 6.07) is 0. The molecule has 1 heteroatoms. The van der Waals surface area contributed by atoms with Gasteiger partial charge in [-0.3, -0.25) is 0 Å². The highest BCUT2D eigenvalue weighted by molar-refractivity contribution is 5.19. The molecule has 13 heavy (non-hydrogen) atoms. The van der Waals surface area contributed by atoms with Crippen LogP contribution in [-0.2, 0) is 4.74 Å². The zero-order chi connectivity index (χ0) is 9.36. The molecule has 0 aromatic carbocycles. The fraction of sp³-hybridized carbons (Fsp3) is 0.583. The Bertz CT molecular complexity index is 180. The summed E-state index contributed by atoms with van der Waals surface area (Å²) in [5.41, 5.74) is 1.20. The van der Waals surface area contributed by atoms with Gasteiger partial charge in [-0.1, -0.05) is 44.4 Å². The van der Waals surface area contributed by atoms with Crippen LogP contribution >= 0.6 is 0 Å². The molecule has 1 nitrogen and oxygen atoms in total. The fourth-order valence-corrected chi connectivity index (χ4v) is 1.33. The molecule has 0 spiro atoms. The molecule has 0 N–H and O–H groups in total. The van der Waals surface area contributed by atoms with Gasteiger partial charge in [0.15, 0.2) is 6.61 Å². The maximum absolute atomic E-state index is 5.16. The van der Waals surface area contributed by atoms with Gasteiger partial charge in [0.1, 0.15) is 0 Å². The highest BCUT2D eigenvalue weighted by atomic mass is 16.5. The summed E-state index contributed by atoms with van der Waals surface area (Å²) >= 11 is 0. The Morgan fingerprint density at radius 2 is 2.31 bits per heavy atom. The normalized spacial score (nSPS) is 16.8. The van der Waals surface area contributed by atoms with Gasteiger partial charge in [0.2, 0.25) is 0 Å². The lowest BCUT2D eigenvalue weighted by Crippen LogP contribution is -1.90. The molecule has 0 atom stereocenters. The Hall–Kier alpha value is -0.560. The molecule has 0 fully saturated rings. The van der Waals surface area contributed by atoms with Crippen LogP contribution in [0.4, 0.5) is 0 Å². The van der Waals surface area contributed by atoms with Crippen molar-refractivity contribution < 1.29 is 4.74 Å². The molecular formula is C12H18O. The van der Waals surface area contributed by atoms with Gasteiger partial charge in [0, 0.05) is 0 Å². The second kappa shape index (κ2) is 6.90. The molecule has 0 saturated carbocycles. The summed E-state index contributed by atoms with van der Waals surface area (Å²) in [4.78, 5) is 0. The number of hydrogen-bond donors (Lipinski definition) is 0. The molecule has 0 unspecified atom stereocenters. The monoisotopic (exact) mass is 178 g/mol. The molecule has 0 amide bonds. The molecule has 0 bridgehead atoms. The lowest BCUT2D eigenvalue weighted by Gasteiger charge is -2.03. The van der Waals surface area contributed by atoms with Gasteiger partial charge in [-0.25, -0.2) is 0 Å². The number of allylic oxidation sites excluding steroid dienone is 2. The molecule has 1 aliphatic rings. The van der Waals surface area contributed by atoms with E-state index in [1.807, 2.05) is 6.08 Å². The van der Waals surface area contributed by atoms with Crippen molar-refractivity contribution in [2.45, 2.75) is 39.0 Å². The van der Waals surface area contributed by atoms with Gasteiger partial charge in [0.25, 0.3) is 0 Å².